The first kappa shape index (κ1) is 22.8. The lowest BCUT2D eigenvalue weighted by Crippen LogP contribution is -2.48. The normalized spacial score (nSPS) is 19.7. The number of amides is 2. The highest BCUT2D eigenvalue weighted by Gasteiger charge is 2.34. The van der Waals surface area contributed by atoms with Gasteiger partial charge in [-0.05, 0) is 46.9 Å². The molecule has 0 saturated heterocycles. The zero-order chi connectivity index (χ0) is 23.5. The van der Waals surface area contributed by atoms with Gasteiger partial charge < -0.3 is 20.5 Å². The number of alkyl carbamates (subject to hydrolysis) is 1. The molecular weight excluding hydrogens is 420 g/mol. The van der Waals surface area contributed by atoms with Gasteiger partial charge in [0, 0.05) is 18.4 Å². The van der Waals surface area contributed by atoms with Crippen molar-refractivity contribution in [2.75, 3.05) is 6.61 Å². The number of aliphatic carboxylic acids is 1. The van der Waals surface area contributed by atoms with Gasteiger partial charge in [0.2, 0.25) is 5.91 Å². The minimum Gasteiger partial charge on any atom is -0.480 e. The molecule has 2 aromatic rings. The number of hydrogen-bond acceptors (Lipinski definition) is 4. The van der Waals surface area contributed by atoms with E-state index in [4.69, 9.17) is 4.74 Å². The van der Waals surface area contributed by atoms with Gasteiger partial charge in [0.15, 0.2) is 0 Å². The number of rotatable bonds is 8. The minimum absolute atomic E-state index is 0.0177. The van der Waals surface area contributed by atoms with Gasteiger partial charge in [0.1, 0.15) is 12.6 Å². The zero-order valence-electron chi connectivity index (χ0n) is 18.9. The summed E-state index contributed by atoms with van der Waals surface area (Å²) in [6.45, 7) is 3.79. The van der Waals surface area contributed by atoms with Crippen molar-refractivity contribution >= 4 is 18.0 Å². The fraction of sp³-hybridized carbons (Fsp3) is 0.423. The van der Waals surface area contributed by atoms with Gasteiger partial charge in [-0.3, -0.25) is 4.79 Å². The van der Waals surface area contributed by atoms with Crippen molar-refractivity contribution < 1.29 is 24.2 Å². The van der Waals surface area contributed by atoms with E-state index < -0.39 is 18.1 Å². The minimum atomic E-state index is -1.03. The smallest absolute Gasteiger partial charge is 0.407 e. The third-order valence-corrected chi connectivity index (χ3v) is 6.62. The van der Waals surface area contributed by atoms with Crippen molar-refractivity contribution in [3.05, 3.63) is 59.7 Å². The van der Waals surface area contributed by atoms with Crippen LogP contribution in [-0.2, 0) is 14.3 Å². The molecule has 3 N–H and O–H groups in total. The van der Waals surface area contributed by atoms with Gasteiger partial charge in [-0.1, -0.05) is 62.4 Å². The molecule has 0 aromatic heterocycles. The number of nitrogens with one attached hydrogen (secondary N) is 2. The second-order valence-electron chi connectivity index (χ2n) is 9.34. The summed E-state index contributed by atoms with van der Waals surface area (Å²) in [5.74, 6) is -1.33. The Morgan fingerprint density at radius 3 is 2.12 bits per heavy atom. The molecule has 1 fully saturated rings. The van der Waals surface area contributed by atoms with E-state index in [1.54, 1.807) is 13.8 Å². The second-order valence-corrected chi connectivity index (χ2v) is 9.34. The SMILES string of the molecule is CC(C)[C@H](NC(=O)CC1CC(NC(=O)OCC2c3ccccc3-c3ccccc32)C1)C(=O)O. The molecule has 0 unspecified atom stereocenters. The molecule has 0 aliphatic heterocycles. The number of hydrogen-bond donors (Lipinski definition) is 3. The van der Waals surface area contributed by atoms with Crippen molar-refractivity contribution in [2.24, 2.45) is 11.8 Å². The number of carbonyl (C=O) groups excluding carboxylic acids is 2. The Labute approximate surface area is 193 Å². The lowest BCUT2D eigenvalue weighted by molar-refractivity contribution is -0.143. The first-order valence-corrected chi connectivity index (χ1v) is 11.5. The maximum atomic E-state index is 12.4. The molecule has 2 amide bonds. The molecule has 4 rings (SSSR count). The van der Waals surface area contributed by atoms with E-state index in [0.717, 1.165) is 0 Å². The molecule has 2 aromatic carbocycles. The summed E-state index contributed by atoms with van der Waals surface area (Å²) in [5, 5.41) is 14.7. The van der Waals surface area contributed by atoms with Crippen LogP contribution in [0.25, 0.3) is 11.1 Å². The number of carboxylic acid groups (broad SMARTS) is 1. The molecule has 33 heavy (non-hydrogen) atoms. The second kappa shape index (κ2) is 9.65. The summed E-state index contributed by atoms with van der Waals surface area (Å²) >= 11 is 0. The molecule has 2 aliphatic rings. The topological polar surface area (TPSA) is 105 Å². The van der Waals surface area contributed by atoms with E-state index in [0.29, 0.717) is 12.8 Å². The van der Waals surface area contributed by atoms with Crippen LogP contribution in [0.2, 0.25) is 0 Å². The van der Waals surface area contributed by atoms with Crippen LogP contribution in [0.5, 0.6) is 0 Å². The number of ether oxygens (including phenoxy) is 1. The quantitative estimate of drug-likeness (QED) is 0.565. The van der Waals surface area contributed by atoms with E-state index in [9.17, 15) is 19.5 Å². The van der Waals surface area contributed by atoms with Crippen LogP contribution in [0.15, 0.2) is 48.5 Å². The Morgan fingerprint density at radius 2 is 1.58 bits per heavy atom. The standard InChI is InChI=1S/C26H30N2O5/c1-15(2)24(25(30)31)28-23(29)13-16-11-17(12-16)27-26(32)33-14-22-20-9-5-3-7-18(20)19-8-4-6-10-21(19)22/h3-10,15-17,22,24H,11-14H2,1-2H3,(H,27,32)(H,28,29)(H,30,31)/t16?,17?,24-/m0/s1. The van der Waals surface area contributed by atoms with Crippen LogP contribution in [0, 0.1) is 11.8 Å². The van der Waals surface area contributed by atoms with Gasteiger partial charge >= 0.3 is 12.1 Å². The molecule has 0 bridgehead atoms. The molecule has 1 saturated carbocycles. The highest BCUT2D eigenvalue weighted by molar-refractivity contribution is 5.84. The summed E-state index contributed by atoms with van der Waals surface area (Å²) in [4.78, 5) is 35.8. The molecular formula is C26H30N2O5. The highest BCUT2D eigenvalue weighted by atomic mass is 16.5. The first-order chi connectivity index (χ1) is 15.8. The Balaban J connectivity index is 1.22. The van der Waals surface area contributed by atoms with Crippen LogP contribution in [-0.4, -0.2) is 41.8 Å². The summed E-state index contributed by atoms with van der Waals surface area (Å²) in [6.07, 6.45) is 1.17. The van der Waals surface area contributed by atoms with Crippen molar-refractivity contribution in [3.8, 4) is 11.1 Å². The number of benzene rings is 2. The van der Waals surface area contributed by atoms with E-state index in [-0.39, 0.29) is 42.7 Å². The van der Waals surface area contributed by atoms with Crippen LogP contribution in [0.4, 0.5) is 4.79 Å². The third kappa shape index (κ3) is 5.02. The van der Waals surface area contributed by atoms with Gasteiger partial charge in [-0.15, -0.1) is 0 Å². The van der Waals surface area contributed by atoms with Crippen LogP contribution >= 0.6 is 0 Å². The maximum Gasteiger partial charge on any atom is 0.407 e. The Morgan fingerprint density at radius 1 is 1.00 bits per heavy atom. The van der Waals surface area contributed by atoms with Crippen LogP contribution in [0.3, 0.4) is 0 Å². The predicted octanol–water partition coefficient (Wildman–Crippen LogP) is 3.92. The lowest BCUT2D eigenvalue weighted by Gasteiger charge is -2.35. The molecule has 0 heterocycles. The van der Waals surface area contributed by atoms with Crippen molar-refractivity contribution in [1.82, 2.24) is 10.6 Å². The zero-order valence-corrected chi connectivity index (χ0v) is 18.9. The van der Waals surface area contributed by atoms with Crippen LogP contribution in [0.1, 0.15) is 50.2 Å². The van der Waals surface area contributed by atoms with Crippen LogP contribution < -0.4 is 10.6 Å². The van der Waals surface area contributed by atoms with Crippen molar-refractivity contribution in [2.45, 2.75) is 51.1 Å². The van der Waals surface area contributed by atoms with E-state index in [1.165, 1.54) is 22.3 Å². The van der Waals surface area contributed by atoms with E-state index in [2.05, 4.69) is 34.9 Å². The Kier molecular flexibility index (Phi) is 6.67. The van der Waals surface area contributed by atoms with Crippen molar-refractivity contribution in [1.29, 1.82) is 0 Å². The summed E-state index contributed by atoms with van der Waals surface area (Å²) in [6, 6.07) is 15.5. The number of fused-ring (bicyclic) bond motifs is 3. The summed E-state index contributed by atoms with van der Waals surface area (Å²) in [5.41, 5.74) is 4.71. The molecule has 174 valence electrons. The molecule has 7 heteroatoms. The Bertz CT molecular complexity index is 999. The lowest BCUT2D eigenvalue weighted by atomic mass is 9.78. The van der Waals surface area contributed by atoms with Crippen molar-refractivity contribution in [3.63, 3.8) is 0 Å². The molecule has 0 radical (unpaired) electrons. The molecule has 0 spiro atoms. The number of carbonyl (C=O) groups is 3. The molecule has 2 aliphatic carbocycles. The van der Waals surface area contributed by atoms with E-state index in [1.807, 2.05) is 24.3 Å². The van der Waals surface area contributed by atoms with E-state index >= 15 is 0 Å². The van der Waals surface area contributed by atoms with Gasteiger partial charge in [-0.25, -0.2) is 9.59 Å². The predicted molar refractivity (Wildman–Crippen MR) is 124 cm³/mol. The molecule has 7 nitrogen and oxygen atoms in total. The molecule has 1 atom stereocenters. The highest BCUT2D eigenvalue weighted by Crippen LogP contribution is 2.44. The van der Waals surface area contributed by atoms with Gasteiger partial charge in [-0.2, -0.15) is 0 Å². The third-order valence-electron chi connectivity index (χ3n) is 6.62. The largest absolute Gasteiger partial charge is 0.480 e. The fourth-order valence-corrected chi connectivity index (χ4v) is 4.84. The summed E-state index contributed by atoms with van der Waals surface area (Å²) < 4.78 is 5.57. The van der Waals surface area contributed by atoms with Gasteiger partial charge in [0.25, 0.3) is 0 Å². The average molecular weight is 451 g/mol. The summed E-state index contributed by atoms with van der Waals surface area (Å²) in [7, 11) is 0. The maximum absolute atomic E-state index is 12.4. The van der Waals surface area contributed by atoms with Gasteiger partial charge in [0.05, 0.1) is 0 Å². The fourth-order valence-electron chi connectivity index (χ4n) is 4.84. The number of carboxylic acids is 1. The average Bonchev–Trinajstić information content (AvgIpc) is 3.08. The monoisotopic (exact) mass is 450 g/mol. The first-order valence-electron chi connectivity index (χ1n) is 11.5. The Hall–Kier alpha value is -3.35.